The average Bonchev–Trinajstić information content (AvgIpc) is 3.03. The predicted octanol–water partition coefficient (Wildman–Crippen LogP) is 5.14. The van der Waals surface area contributed by atoms with Crippen LogP contribution >= 0.6 is 0 Å². The Morgan fingerprint density at radius 2 is 1.56 bits per heavy atom. The van der Waals surface area contributed by atoms with Crippen molar-refractivity contribution < 1.29 is 14.9 Å². The lowest BCUT2D eigenvalue weighted by Crippen LogP contribution is -2.58. The third kappa shape index (κ3) is 2.37. The van der Waals surface area contributed by atoms with Gasteiger partial charge in [-0.3, -0.25) is 0 Å². The molecule has 0 aromatic rings. The first kappa shape index (κ1) is 20.2. The first-order valence-electron chi connectivity index (χ1n) is 11.2. The maximum Gasteiger partial charge on any atom is 0.161 e. The summed E-state index contributed by atoms with van der Waals surface area (Å²) in [6.07, 6.45) is 5.42. The van der Waals surface area contributed by atoms with Gasteiger partial charge in [-0.1, -0.05) is 55.4 Å². The number of aliphatic hydroxyl groups excluding tert-OH is 1. The number of rotatable bonds is 3. The van der Waals surface area contributed by atoms with E-state index < -0.39 is 6.29 Å². The van der Waals surface area contributed by atoms with Crippen LogP contribution in [0.1, 0.15) is 93.9 Å². The van der Waals surface area contributed by atoms with Gasteiger partial charge in [-0.25, -0.2) is 0 Å². The number of fused-ring (bicyclic) bond motifs is 1. The highest BCUT2D eigenvalue weighted by atomic mass is 16.6. The second kappa shape index (κ2) is 5.32. The van der Waals surface area contributed by atoms with E-state index in [9.17, 15) is 10.2 Å². The van der Waals surface area contributed by atoms with Crippen LogP contribution in [0.5, 0.6) is 0 Å². The summed E-state index contributed by atoms with van der Waals surface area (Å²) in [6.45, 7) is 17.9. The van der Waals surface area contributed by atoms with Crippen LogP contribution in [0.4, 0.5) is 0 Å². The van der Waals surface area contributed by atoms with Crippen LogP contribution in [0.15, 0.2) is 0 Å². The number of ether oxygens (including phenoxy) is 1. The molecule has 0 heterocycles. The minimum Gasteiger partial charge on any atom is -0.389 e. The molecule has 3 nitrogen and oxygen atoms in total. The normalized spacial score (nSPS) is 47.6. The molecular formula is C24H42O3. The summed E-state index contributed by atoms with van der Waals surface area (Å²) < 4.78 is 6.73. The van der Waals surface area contributed by atoms with E-state index in [1.165, 1.54) is 0 Å². The lowest BCUT2D eigenvalue weighted by Gasteiger charge is -2.58. The average molecular weight is 379 g/mol. The lowest BCUT2D eigenvalue weighted by atomic mass is 9.54. The standard InChI is InChI=1S/C24H42O3/c1-15-11-22(27-18(25)21(8,19(2,3)4)20(5,6)7)10-9-16-12-23(26)14-24(15,23)17(16)13-22/h15-18,25-26H,9-14H2,1-8H3. The zero-order chi connectivity index (χ0) is 20.3. The molecule has 4 aliphatic carbocycles. The maximum absolute atomic E-state index is 11.5. The summed E-state index contributed by atoms with van der Waals surface area (Å²) in [6, 6.07) is 0. The smallest absolute Gasteiger partial charge is 0.161 e. The van der Waals surface area contributed by atoms with E-state index >= 15 is 0 Å². The highest BCUT2D eigenvalue weighted by Gasteiger charge is 2.81. The Labute approximate surface area is 166 Å². The van der Waals surface area contributed by atoms with Gasteiger partial charge in [-0.15, -0.1) is 0 Å². The van der Waals surface area contributed by atoms with Crippen LogP contribution in [0.25, 0.3) is 0 Å². The van der Waals surface area contributed by atoms with Crippen molar-refractivity contribution in [2.75, 3.05) is 0 Å². The molecule has 0 aliphatic heterocycles. The lowest BCUT2D eigenvalue weighted by molar-refractivity contribution is -0.302. The second-order valence-corrected chi connectivity index (χ2v) is 13.0. The zero-order valence-corrected chi connectivity index (χ0v) is 18.9. The van der Waals surface area contributed by atoms with Gasteiger partial charge in [-0.05, 0) is 67.1 Å². The molecule has 0 aromatic heterocycles. The van der Waals surface area contributed by atoms with Gasteiger partial charge >= 0.3 is 0 Å². The Hall–Kier alpha value is -0.120. The number of aliphatic hydroxyl groups is 2. The van der Waals surface area contributed by atoms with Gasteiger partial charge in [0.05, 0.1) is 11.2 Å². The monoisotopic (exact) mass is 378 g/mol. The molecule has 2 bridgehead atoms. The van der Waals surface area contributed by atoms with Crippen LogP contribution in [-0.2, 0) is 4.74 Å². The largest absolute Gasteiger partial charge is 0.389 e. The molecule has 7 atom stereocenters. The van der Waals surface area contributed by atoms with Crippen molar-refractivity contribution in [2.24, 2.45) is 39.4 Å². The van der Waals surface area contributed by atoms with Crippen molar-refractivity contribution in [3.8, 4) is 0 Å². The second-order valence-electron chi connectivity index (χ2n) is 13.0. The van der Waals surface area contributed by atoms with E-state index in [0.29, 0.717) is 17.8 Å². The Morgan fingerprint density at radius 1 is 0.963 bits per heavy atom. The minimum absolute atomic E-state index is 0.0792. The molecule has 0 radical (unpaired) electrons. The third-order valence-electron chi connectivity index (χ3n) is 10.2. The van der Waals surface area contributed by atoms with Gasteiger partial charge < -0.3 is 14.9 Å². The van der Waals surface area contributed by atoms with Crippen LogP contribution in [0.3, 0.4) is 0 Å². The van der Waals surface area contributed by atoms with E-state index in [2.05, 4.69) is 55.4 Å². The van der Waals surface area contributed by atoms with Crippen LogP contribution < -0.4 is 0 Å². The van der Waals surface area contributed by atoms with Gasteiger partial charge in [0.1, 0.15) is 0 Å². The molecule has 0 aromatic carbocycles. The Balaban J connectivity index is 1.61. The summed E-state index contributed by atoms with van der Waals surface area (Å²) >= 11 is 0. The predicted molar refractivity (Wildman–Crippen MR) is 108 cm³/mol. The molecule has 4 fully saturated rings. The number of hydrogen-bond donors (Lipinski definition) is 2. The van der Waals surface area contributed by atoms with Crippen molar-refractivity contribution in [3.63, 3.8) is 0 Å². The van der Waals surface area contributed by atoms with Gasteiger partial charge in [0, 0.05) is 10.8 Å². The molecule has 7 unspecified atom stereocenters. The fraction of sp³-hybridized carbons (Fsp3) is 1.00. The molecule has 4 rings (SSSR count). The summed E-state index contributed by atoms with van der Waals surface area (Å²) in [7, 11) is 0. The van der Waals surface area contributed by atoms with Crippen molar-refractivity contribution in [1.82, 2.24) is 0 Å². The first-order chi connectivity index (χ1) is 12.1. The molecule has 0 amide bonds. The molecule has 1 spiro atoms. The molecular weight excluding hydrogens is 336 g/mol. The van der Waals surface area contributed by atoms with Crippen LogP contribution in [-0.4, -0.2) is 27.7 Å². The number of hydrogen-bond acceptors (Lipinski definition) is 3. The molecule has 2 N–H and O–H groups in total. The Kier molecular flexibility index (Phi) is 3.97. The summed E-state index contributed by atoms with van der Waals surface area (Å²) in [4.78, 5) is 0. The Morgan fingerprint density at radius 3 is 2.11 bits per heavy atom. The quantitative estimate of drug-likeness (QED) is 0.669. The van der Waals surface area contributed by atoms with Crippen molar-refractivity contribution in [1.29, 1.82) is 0 Å². The molecule has 3 heteroatoms. The highest BCUT2D eigenvalue weighted by Crippen LogP contribution is 2.80. The van der Waals surface area contributed by atoms with E-state index in [0.717, 1.165) is 38.5 Å². The van der Waals surface area contributed by atoms with Gasteiger partial charge in [0.2, 0.25) is 0 Å². The molecule has 156 valence electrons. The van der Waals surface area contributed by atoms with E-state index in [-0.39, 0.29) is 32.9 Å². The van der Waals surface area contributed by atoms with E-state index in [4.69, 9.17) is 4.74 Å². The maximum atomic E-state index is 11.5. The molecule has 4 aliphatic rings. The third-order valence-corrected chi connectivity index (χ3v) is 10.2. The fourth-order valence-electron chi connectivity index (χ4n) is 8.08. The topological polar surface area (TPSA) is 49.7 Å². The summed E-state index contributed by atoms with van der Waals surface area (Å²) in [5.74, 6) is 1.73. The summed E-state index contributed by atoms with van der Waals surface area (Å²) in [5, 5.41) is 22.5. The minimum atomic E-state index is -0.783. The van der Waals surface area contributed by atoms with E-state index in [1.807, 2.05) is 0 Å². The van der Waals surface area contributed by atoms with Crippen LogP contribution in [0.2, 0.25) is 0 Å². The van der Waals surface area contributed by atoms with Gasteiger partial charge in [0.15, 0.2) is 6.29 Å². The zero-order valence-electron chi connectivity index (χ0n) is 18.9. The Bertz CT molecular complexity index is 615. The molecule has 27 heavy (non-hydrogen) atoms. The van der Waals surface area contributed by atoms with E-state index in [1.54, 1.807) is 0 Å². The SMILES string of the molecule is CC1CC2(OC(O)C(C)(C(C)(C)C)C(C)(C)C)CCC3CC4(O)CC14C3C2. The highest BCUT2D eigenvalue weighted by molar-refractivity contribution is 5.30. The van der Waals surface area contributed by atoms with Crippen molar-refractivity contribution in [3.05, 3.63) is 0 Å². The fourth-order valence-corrected chi connectivity index (χ4v) is 8.08. The van der Waals surface area contributed by atoms with Gasteiger partial charge in [-0.2, -0.15) is 0 Å². The summed E-state index contributed by atoms with van der Waals surface area (Å²) in [5.41, 5.74) is -0.958. The van der Waals surface area contributed by atoms with Crippen molar-refractivity contribution in [2.45, 2.75) is 111 Å². The molecule has 0 saturated heterocycles. The van der Waals surface area contributed by atoms with Gasteiger partial charge in [0.25, 0.3) is 0 Å². The first-order valence-corrected chi connectivity index (χ1v) is 11.2. The van der Waals surface area contributed by atoms with Crippen molar-refractivity contribution >= 4 is 0 Å². The molecule has 4 saturated carbocycles. The van der Waals surface area contributed by atoms with Crippen LogP contribution in [0, 0.1) is 39.4 Å².